The van der Waals surface area contributed by atoms with Crippen LogP contribution in [0.3, 0.4) is 0 Å². The van der Waals surface area contributed by atoms with Gasteiger partial charge in [0.15, 0.2) is 0 Å². The highest BCUT2D eigenvalue weighted by molar-refractivity contribution is 7.99. The van der Waals surface area contributed by atoms with Crippen LogP contribution < -0.4 is 5.73 Å². The number of carbonyl (C=O) groups is 1. The van der Waals surface area contributed by atoms with E-state index in [4.69, 9.17) is 10.8 Å². The maximum atomic E-state index is 11.0. The molecular weight excluding hydrogens is 266 g/mol. The number of hydrogen-bond donors (Lipinski definition) is 2. The van der Waals surface area contributed by atoms with Gasteiger partial charge in [-0.1, -0.05) is 0 Å². The van der Waals surface area contributed by atoms with E-state index in [1.54, 1.807) is 16.8 Å². The molecule has 0 aliphatic heterocycles. The fraction of sp³-hybridized carbons (Fsp3) is 0.273. The molecule has 98 valence electrons. The SMILES string of the molecule is Nc1ccc(Sc2nnnn2C2CC2)cc1C(=O)O. The Kier molecular flexibility index (Phi) is 2.86. The zero-order chi connectivity index (χ0) is 13.4. The number of benzene rings is 1. The van der Waals surface area contributed by atoms with Crippen LogP contribution in [0.25, 0.3) is 0 Å². The fourth-order valence-electron chi connectivity index (χ4n) is 1.69. The van der Waals surface area contributed by atoms with Gasteiger partial charge in [0, 0.05) is 10.6 Å². The Bertz CT molecular complexity index is 638. The highest BCUT2D eigenvalue weighted by Crippen LogP contribution is 2.38. The smallest absolute Gasteiger partial charge is 0.337 e. The summed E-state index contributed by atoms with van der Waals surface area (Å²) in [6, 6.07) is 5.26. The van der Waals surface area contributed by atoms with E-state index in [1.807, 2.05) is 0 Å². The summed E-state index contributed by atoms with van der Waals surface area (Å²) in [4.78, 5) is 11.8. The first kappa shape index (κ1) is 12.0. The van der Waals surface area contributed by atoms with E-state index in [2.05, 4.69) is 15.5 Å². The summed E-state index contributed by atoms with van der Waals surface area (Å²) in [5, 5.41) is 21.3. The Morgan fingerprint density at radius 1 is 1.47 bits per heavy atom. The van der Waals surface area contributed by atoms with Crippen molar-refractivity contribution in [3.05, 3.63) is 23.8 Å². The maximum absolute atomic E-state index is 11.0. The lowest BCUT2D eigenvalue weighted by atomic mass is 10.2. The predicted octanol–water partition coefficient (Wildman–Crippen LogP) is 1.44. The van der Waals surface area contributed by atoms with Crippen LogP contribution in [-0.4, -0.2) is 31.3 Å². The molecule has 1 aliphatic carbocycles. The summed E-state index contributed by atoms with van der Waals surface area (Å²) in [6.45, 7) is 0. The molecule has 2 aromatic rings. The molecule has 19 heavy (non-hydrogen) atoms. The Balaban J connectivity index is 1.88. The van der Waals surface area contributed by atoms with Crippen molar-refractivity contribution < 1.29 is 9.90 Å². The summed E-state index contributed by atoms with van der Waals surface area (Å²) in [5.74, 6) is -1.04. The molecule has 0 spiro atoms. The van der Waals surface area contributed by atoms with Crippen molar-refractivity contribution in [2.24, 2.45) is 0 Å². The van der Waals surface area contributed by atoms with Gasteiger partial charge < -0.3 is 10.8 Å². The molecule has 1 aromatic carbocycles. The first-order valence-corrected chi connectivity index (χ1v) is 6.55. The van der Waals surface area contributed by atoms with Crippen molar-refractivity contribution in [2.45, 2.75) is 28.9 Å². The van der Waals surface area contributed by atoms with E-state index in [-0.39, 0.29) is 11.3 Å². The van der Waals surface area contributed by atoms with Gasteiger partial charge in [0.05, 0.1) is 11.6 Å². The van der Waals surface area contributed by atoms with Gasteiger partial charge in [-0.2, -0.15) is 0 Å². The van der Waals surface area contributed by atoms with Gasteiger partial charge in [-0.25, -0.2) is 9.48 Å². The van der Waals surface area contributed by atoms with Crippen LogP contribution in [-0.2, 0) is 0 Å². The monoisotopic (exact) mass is 277 g/mol. The van der Waals surface area contributed by atoms with E-state index in [1.165, 1.54) is 17.8 Å². The quantitative estimate of drug-likeness (QED) is 0.814. The Morgan fingerprint density at radius 3 is 2.95 bits per heavy atom. The number of rotatable bonds is 4. The minimum Gasteiger partial charge on any atom is -0.478 e. The molecule has 3 rings (SSSR count). The topological polar surface area (TPSA) is 107 Å². The average molecular weight is 277 g/mol. The van der Waals surface area contributed by atoms with Crippen molar-refractivity contribution in [2.75, 3.05) is 5.73 Å². The first-order valence-electron chi connectivity index (χ1n) is 5.73. The van der Waals surface area contributed by atoms with Crippen LogP contribution in [0.1, 0.15) is 29.2 Å². The number of aromatic carboxylic acids is 1. The van der Waals surface area contributed by atoms with Gasteiger partial charge in [-0.05, 0) is 53.2 Å². The van der Waals surface area contributed by atoms with Crippen molar-refractivity contribution >= 4 is 23.4 Å². The van der Waals surface area contributed by atoms with Crippen LogP contribution in [0.15, 0.2) is 28.3 Å². The average Bonchev–Trinajstić information content (AvgIpc) is 3.12. The lowest BCUT2D eigenvalue weighted by Crippen LogP contribution is -2.02. The molecule has 8 heteroatoms. The third-order valence-corrected chi connectivity index (χ3v) is 3.76. The van der Waals surface area contributed by atoms with E-state index < -0.39 is 5.97 Å². The third kappa shape index (κ3) is 2.39. The lowest BCUT2D eigenvalue weighted by molar-refractivity contribution is 0.0698. The number of aromatic nitrogens is 4. The molecule has 1 fully saturated rings. The number of nitrogens with zero attached hydrogens (tertiary/aromatic N) is 4. The van der Waals surface area contributed by atoms with Gasteiger partial charge in [-0.15, -0.1) is 5.10 Å². The van der Waals surface area contributed by atoms with Crippen molar-refractivity contribution in [1.29, 1.82) is 0 Å². The maximum Gasteiger partial charge on any atom is 0.337 e. The molecule has 1 heterocycles. The van der Waals surface area contributed by atoms with Gasteiger partial charge in [0.1, 0.15) is 0 Å². The van der Waals surface area contributed by atoms with Crippen molar-refractivity contribution in [3.63, 3.8) is 0 Å². The zero-order valence-corrected chi connectivity index (χ0v) is 10.7. The molecule has 7 nitrogen and oxygen atoms in total. The Hall–Kier alpha value is -2.09. The lowest BCUT2D eigenvalue weighted by Gasteiger charge is -2.05. The van der Waals surface area contributed by atoms with Crippen LogP contribution in [0.2, 0.25) is 0 Å². The van der Waals surface area contributed by atoms with E-state index in [0.717, 1.165) is 17.7 Å². The van der Waals surface area contributed by atoms with Crippen LogP contribution in [0, 0.1) is 0 Å². The number of nitrogen functional groups attached to an aromatic ring is 1. The summed E-state index contributed by atoms with van der Waals surface area (Å²) < 4.78 is 1.78. The minimum atomic E-state index is -1.04. The number of carboxylic acid groups (broad SMARTS) is 1. The van der Waals surface area contributed by atoms with Gasteiger partial charge in [0.25, 0.3) is 0 Å². The van der Waals surface area contributed by atoms with Crippen molar-refractivity contribution in [3.8, 4) is 0 Å². The number of nitrogens with two attached hydrogens (primary N) is 1. The molecule has 1 saturated carbocycles. The van der Waals surface area contributed by atoms with E-state index >= 15 is 0 Å². The van der Waals surface area contributed by atoms with E-state index in [9.17, 15) is 4.79 Å². The number of anilines is 1. The van der Waals surface area contributed by atoms with Crippen LogP contribution in [0.4, 0.5) is 5.69 Å². The molecule has 0 radical (unpaired) electrons. The predicted molar refractivity (Wildman–Crippen MR) is 68.0 cm³/mol. The summed E-state index contributed by atoms with van der Waals surface area (Å²) >= 11 is 1.34. The second-order valence-corrected chi connectivity index (χ2v) is 5.33. The summed E-state index contributed by atoms with van der Waals surface area (Å²) in [7, 11) is 0. The second kappa shape index (κ2) is 4.54. The summed E-state index contributed by atoms with van der Waals surface area (Å²) in [6.07, 6.45) is 2.17. The first-order chi connectivity index (χ1) is 9.15. The number of tetrazole rings is 1. The van der Waals surface area contributed by atoms with E-state index in [0.29, 0.717) is 11.2 Å². The molecule has 0 amide bonds. The summed E-state index contributed by atoms with van der Waals surface area (Å²) in [5.41, 5.74) is 5.96. The highest BCUT2D eigenvalue weighted by atomic mass is 32.2. The largest absolute Gasteiger partial charge is 0.478 e. The molecule has 0 saturated heterocycles. The molecular formula is C11H11N5O2S. The fourth-order valence-corrected chi connectivity index (χ4v) is 2.57. The Labute approximate surface area is 112 Å². The standard InChI is InChI=1S/C11H11N5O2S/c12-9-4-3-7(5-8(9)10(17)18)19-11-13-14-15-16(11)6-1-2-6/h3-6H,1-2,12H2,(H,17,18). The molecule has 0 bridgehead atoms. The normalized spacial score (nSPS) is 14.5. The third-order valence-electron chi connectivity index (χ3n) is 2.82. The number of carboxylic acids is 1. The minimum absolute atomic E-state index is 0.0930. The second-order valence-electron chi connectivity index (χ2n) is 4.29. The molecule has 1 aromatic heterocycles. The molecule has 1 aliphatic rings. The Morgan fingerprint density at radius 2 is 2.26 bits per heavy atom. The van der Waals surface area contributed by atoms with Gasteiger partial charge in [-0.3, -0.25) is 0 Å². The van der Waals surface area contributed by atoms with Gasteiger partial charge >= 0.3 is 5.97 Å². The highest BCUT2D eigenvalue weighted by Gasteiger charge is 2.28. The zero-order valence-electron chi connectivity index (χ0n) is 9.85. The van der Waals surface area contributed by atoms with Crippen LogP contribution >= 0.6 is 11.8 Å². The van der Waals surface area contributed by atoms with Crippen LogP contribution in [0.5, 0.6) is 0 Å². The molecule has 3 N–H and O–H groups in total. The van der Waals surface area contributed by atoms with Gasteiger partial charge in [0.2, 0.25) is 5.16 Å². The number of hydrogen-bond acceptors (Lipinski definition) is 6. The molecule has 0 unspecified atom stereocenters. The van der Waals surface area contributed by atoms with Crippen molar-refractivity contribution in [1.82, 2.24) is 20.2 Å². The molecule has 0 atom stereocenters.